The molecule has 2 atom stereocenters. The first-order valence-electron chi connectivity index (χ1n) is 10.0. The highest BCUT2D eigenvalue weighted by Crippen LogP contribution is 2.33. The molecule has 2 aromatic heterocycles. The van der Waals surface area contributed by atoms with Gasteiger partial charge in [-0.15, -0.1) is 0 Å². The lowest BCUT2D eigenvalue weighted by atomic mass is 9.92. The normalized spacial score (nSPS) is 19.6. The number of aryl methyl sites for hydroxylation is 1. The van der Waals surface area contributed by atoms with Crippen LogP contribution in [0.25, 0.3) is 5.69 Å². The number of piperidine rings is 1. The van der Waals surface area contributed by atoms with Crippen LogP contribution in [0.3, 0.4) is 0 Å². The van der Waals surface area contributed by atoms with E-state index in [1.54, 1.807) is 29.2 Å². The molecule has 1 aliphatic rings. The Morgan fingerprint density at radius 2 is 1.90 bits per heavy atom. The maximum Gasteiger partial charge on any atom is 0.394 e. The average Bonchev–Trinajstić information content (AvgIpc) is 3.37. The molecule has 1 amide bonds. The average molecular weight is 433 g/mol. The lowest BCUT2D eigenvalue weighted by molar-refractivity contribution is -0.128. The fraction of sp³-hybridized carbons (Fsp3) is 0.429. The third kappa shape index (κ3) is 4.47. The van der Waals surface area contributed by atoms with E-state index in [1.165, 1.54) is 24.1 Å². The summed E-state index contributed by atoms with van der Waals surface area (Å²) < 4.78 is 43.9. The number of nitrogens with zero attached hydrogens (tertiary/aromatic N) is 5. The summed E-state index contributed by atoms with van der Waals surface area (Å²) in [4.78, 5) is 20.7. The topological polar surface area (TPSA) is 77.0 Å². The zero-order valence-electron chi connectivity index (χ0n) is 17.1. The van der Waals surface area contributed by atoms with E-state index in [2.05, 4.69) is 15.2 Å². The first-order chi connectivity index (χ1) is 14.7. The molecule has 4 rings (SSSR count). The minimum atomic E-state index is -4.35. The van der Waals surface area contributed by atoms with Crippen molar-refractivity contribution in [2.24, 2.45) is 0 Å². The van der Waals surface area contributed by atoms with Gasteiger partial charge in [-0.25, -0.2) is 4.98 Å². The van der Waals surface area contributed by atoms with Crippen molar-refractivity contribution in [1.82, 2.24) is 24.9 Å². The van der Waals surface area contributed by atoms with Crippen molar-refractivity contribution in [1.29, 1.82) is 0 Å². The first-order valence-corrected chi connectivity index (χ1v) is 10.0. The molecule has 1 saturated heterocycles. The lowest BCUT2D eigenvalue weighted by Crippen LogP contribution is -2.45. The number of rotatable bonds is 4. The van der Waals surface area contributed by atoms with Crippen LogP contribution in [0.15, 0.2) is 41.1 Å². The van der Waals surface area contributed by atoms with Gasteiger partial charge >= 0.3 is 6.18 Å². The van der Waals surface area contributed by atoms with Gasteiger partial charge in [0.15, 0.2) is 5.89 Å². The number of amides is 1. The van der Waals surface area contributed by atoms with Crippen LogP contribution in [0.4, 0.5) is 13.2 Å². The van der Waals surface area contributed by atoms with Crippen molar-refractivity contribution in [3.8, 4) is 5.69 Å². The van der Waals surface area contributed by atoms with Crippen LogP contribution < -0.4 is 0 Å². The minimum absolute atomic E-state index is 0.0342. The fourth-order valence-corrected chi connectivity index (χ4v) is 3.89. The molecule has 10 heteroatoms. The van der Waals surface area contributed by atoms with E-state index in [0.717, 1.165) is 0 Å². The molecule has 0 radical (unpaired) electrons. The quantitative estimate of drug-likeness (QED) is 0.620. The summed E-state index contributed by atoms with van der Waals surface area (Å²) in [6.45, 7) is 3.75. The second-order valence-corrected chi connectivity index (χ2v) is 7.76. The SMILES string of the molecule is Cc1oc(C2CC[C@@H](C)N(C(=O)c3ccccc3-n3nccn3)C2)nc1CC(F)(F)F. The van der Waals surface area contributed by atoms with Gasteiger partial charge in [0, 0.05) is 12.6 Å². The Morgan fingerprint density at radius 1 is 1.19 bits per heavy atom. The van der Waals surface area contributed by atoms with E-state index < -0.39 is 12.6 Å². The summed E-state index contributed by atoms with van der Waals surface area (Å²) >= 11 is 0. The van der Waals surface area contributed by atoms with Gasteiger partial charge < -0.3 is 9.32 Å². The number of aromatic nitrogens is 4. The van der Waals surface area contributed by atoms with Crippen molar-refractivity contribution in [3.63, 3.8) is 0 Å². The number of oxazole rings is 1. The molecule has 1 unspecified atom stereocenters. The van der Waals surface area contributed by atoms with E-state index in [9.17, 15) is 18.0 Å². The molecule has 0 aliphatic carbocycles. The molecule has 0 bridgehead atoms. The van der Waals surface area contributed by atoms with Crippen LogP contribution in [-0.2, 0) is 6.42 Å². The second-order valence-electron chi connectivity index (χ2n) is 7.76. The summed E-state index contributed by atoms with van der Waals surface area (Å²) in [6.07, 6.45) is -1.05. The monoisotopic (exact) mass is 433 g/mol. The van der Waals surface area contributed by atoms with Gasteiger partial charge in [-0.1, -0.05) is 12.1 Å². The molecule has 1 fully saturated rings. The fourth-order valence-electron chi connectivity index (χ4n) is 3.89. The van der Waals surface area contributed by atoms with Gasteiger partial charge in [-0.05, 0) is 38.8 Å². The van der Waals surface area contributed by atoms with Crippen LogP contribution in [0.2, 0.25) is 0 Å². The third-order valence-electron chi connectivity index (χ3n) is 5.54. The number of para-hydroxylation sites is 1. The first kappa shape index (κ1) is 21.1. The maximum absolute atomic E-state index is 13.4. The predicted molar refractivity (Wildman–Crippen MR) is 105 cm³/mol. The van der Waals surface area contributed by atoms with Crippen molar-refractivity contribution >= 4 is 5.91 Å². The van der Waals surface area contributed by atoms with Gasteiger partial charge in [-0.2, -0.15) is 28.2 Å². The highest BCUT2D eigenvalue weighted by Gasteiger charge is 2.36. The van der Waals surface area contributed by atoms with E-state index in [0.29, 0.717) is 30.6 Å². The van der Waals surface area contributed by atoms with Crippen molar-refractivity contribution < 1.29 is 22.4 Å². The third-order valence-corrected chi connectivity index (χ3v) is 5.54. The Kier molecular flexibility index (Phi) is 5.55. The van der Waals surface area contributed by atoms with E-state index in [1.807, 2.05) is 6.92 Å². The molecule has 0 saturated carbocycles. The number of likely N-dealkylation sites (tertiary alicyclic amines) is 1. The van der Waals surface area contributed by atoms with E-state index in [4.69, 9.17) is 4.42 Å². The summed E-state index contributed by atoms with van der Waals surface area (Å²) in [5.74, 6) is -0.0397. The van der Waals surface area contributed by atoms with Gasteiger partial charge in [0.05, 0.1) is 41.7 Å². The lowest BCUT2D eigenvalue weighted by Gasteiger charge is -2.37. The molecule has 1 aromatic carbocycles. The zero-order chi connectivity index (χ0) is 22.2. The molecule has 0 spiro atoms. The highest BCUT2D eigenvalue weighted by molar-refractivity contribution is 5.98. The molecular weight excluding hydrogens is 411 g/mol. The summed E-state index contributed by atoms with van der Waals surface area (Å²) in [5, 5.41) is 8.23. The molecule has 1 aliphatic heterocycles. The van der Waals surface area contributed by atoms with Crippen LogP contribution in [0.1, 0.15) is 53.4 Å². The van der Waals surface area contributed by atoms with Crippen molar-refractivity contribution in [3.05, 3.63) is 59.6 Å². The second kappa shape index (κ2) is 8.16. The Morgan fingerprint density at radius 3 is 2.61 bits per heavy atom. The number of carbonyl (C=O) groups excluding carboxylic acids is 1. The number of carbonyl (C=O) groups is 1. The zero-order valence-corrected chi connectivity index (χ0v) is 17.1. The largest absolute Gasteiger partial charge is 0.445 e. The minimum Gasteiger partial charge on any atom is -0.445 e. The highest BCUT2D eigenvalue weighted by atomic mass is 19.4. The molecule has 0 N–H and O–H groups in total. The Balaban J connectivity index is 1.58. The van der Waals surface area contributed by atoms with E-state index in [-0.39, 0.29) is 35.2 Å². The van der Waals surface area contributed by atoms with Crippen molar-refractivity contribution in [2.75, 3.05) is 6.54 Å². The molecule has 3 aromatic rings. The van der Waals surface area contributed by atoms with Crippen LogP contribution in [0.5, 0.6) is 0 Å². The molecule has 164 valence electrons. The van der Waals surface area contributed by atoms with Gasteiger partial charge in [-0.3, -0.25) is 4.79 Å². The standard InChI is InChI=1S/C21H22F3N5O2/c1-13-7-8-15(19-27-17(14(2)31-19)11-21(22,23)24)12-28(13)20(30)16-5-3-4-6-18(16)29-25-9-10-26-29/h3-6,9-10,13,15H,7-8,11-12H2,1-2H3/t13-,15?/m1/s1. The number of halogens is 3. The number of benzene rings is 1. The number of hydrogen-bond donors (Lipinski definition) is 0. The summed E-state index contributed by atoms with van der Waals surface area (Å²) in [5.41, 5.74) is 0.910. The molecule has 7 nitrogen and oxygen atoms in total. The van der Waals surface area contributed by atoms with Crippen LogP contribution in [0, 0.1) is 6.92 Å². The summed E-state index contributed by atoms with van der Waals surface area (Å²) in [7, 11) is 0. The Hall–Kier alpha value is -3.17. The summed E-state index contributed by atoms with van der Waals surface area (Å²) in [6, 6.07) is 7.02. The number of hydrogen-bond acceptors (Lipinski definition) is 5. The van der Waals surface area contributed by atoms with Crippen molar-refractivity contribution in [2.45, 2.75) is 51.2 Å². The smallest absolute Gasteiger partial charge is 0.394 e. The molecule has 3 heterocycles. The van der Waals surface area contributed by atoms with E-state index >= 15 is 0 Å². The van der Waals surface area contributed by atoms with Crippen LogP contribution >= 0.6 is 0 Å². The van der Waals surface area contributed by atoms with Gasteiger partial charge in [0.2, 0.25) is 0 Å². The predicted octanol–water partition coefficient (Wildman–Crippen LogP) is 4.08. The Bertz CT molecular complexity index is 1060. The van der Waals surface area contributed by atoms with Gasteiger partial charge in [0.25, 0.3) is 5.91 Å². The van der Waals surface area contributed by atoms with Crippen LogP contribution in [-0.4, -0.2) is 49.5 Å². The molecular formula is C21H22F3N5O2. The maximum atomic E-state index is 13.4. The van der Waals surface area contributed by atoms with Gasteiger partial charge in [0.1, 0.15) is 5.76 Å². The number of alkyl halides is 3. The Labute approximate surface area is 176 Å². The molecule has 31 heavy (non-hydrogen) atoms.